The monoisotopic (exact) mass is 478 g/mol. The molecule has 1 aromatic carbocycles. The number of carbonyl (C=O) groups is 1. The molecular weight excluding hydrogens is 458 g/mol. The van der Waals surface area contributed by atoms with E-state index in [1.54, 1.807) is 39.9 Å². The predicted octanol–water partition coefficient (Wildman–Crippen LogP) is 3.76. The van der Waals surface area contributed by atoms with Crippen LogP contribution in [-0.2, 0) is 11.3 Å². The van der Waals surface area contributed by atoms with Crippen molar-refractivity contribution in [2.24, 2.45) is 5.92 Å². The lowest BCUT2D eigenvalue weighted by molar-refractivity contribution is -0.139. The van der Waals surface area contributed by atoms with E-state index in [1.165, 1.54) is 12.3 Å². The number of anilines is 1. The average Bonchev–Trinajstić information content (AvgIpc) is 3.64. The highest BCUT2D eigenvalue weighted by molar-refractivity contribution is 5.80. The Morgan fingerprint density at radius 3 is 2.77 bits per heavy atom. The predicted molar refractivity (Wildman–Crippen MR) is 119 cm³/mol. The molecule has 3 atom stereocenters. The van der Waals surface area contributed by atoms with Crippen molar-refractivity contribution in [3.63, 3.8) is 0 Å². The summed E-state index contributed by atoms with van der Waals surface area (Å²) in [5.74, 6) is -1.99. The Balaban J connectivity index is 1.42. The quantitative estimate of drug-likeness (QED) is 0.446. The molecule has 4 heterocycles. The lowest BCUT2D eigenvalue weighted by atomic mass is 9.99. The molecule has 1 saturated heterocycles. The van der Waals surface area contributed by atoms with Crippen LogP contribution >= 0.6 is 0 Å². The highest BCUT2D eigenvalue weighted by Gasteiger charge is 2.50. The van der Waals surface area contributed by atoms with Crippen molar-refractivity contribution in [3.05, 3.63) is 66.1 Å². The van der Waals surface area contributed by atoms with Gasteiger partial charge in [-0.15, -0.1) is 0 Å². The topological polar surface area (TPSA) is 110 Å². The van der Waals surface area contributed by atoms with Crippen molar-refractivity contribution in [1.29, 1.82) is 0 Å². The van der Waals surface area contributed by atoms with E-state index in [0.29, 0.717) is 29.1 Å². The van der Waals surface area contributed by atoms with Crippen molar-refractivity contribution in [1.82, 2.24) is 24.9 Å². The number of hydrogen-bond acceptors (Lipinski definition) is 7. The molecule has 2 aliphatic rings. The van der Waals surface area contributed by atoms with Gasteiger partial charge in [0, 0.05) is 17.7 Å². The number of aliphatic carboxylic acids is 1. The fourth-order valence-corrected chi connectivity index (χ4v) is 5.26. The van der Waals surface area contributed by atoms with E-state index < -0.39 is 17.8 Å². The van der Waals surface area contributed by atoms with Crippen molar-refractivity contribution in [2.75, 3.05) is 4.90 Å². The zero-order chi connectivity index (χ0) is 24.1. The number of halogens is 2. The SMILES string of the molecule is O=C(O)[C@@H]1[C@H]2CC[C@H](C2)N1c1nc(-c2cc(-c3ccon3)n(Cc3ccccc3F)n2)ncc1F. The number of carboxylic acids is 1. The zero-order valence-electron chi connectivity index (χ0n) is 18.4. The first kappa shape index (κ1) is 21.4. The molecule has 35 heavy (non-hydrogen) atoms. The van der Waals surface area contributed by atoms with Gasteiger partial charge < -0.3 is 14.5 Å². The normalized spacial score (nSPS) is 21.1. The van der Waals surface area contributed by atoms with Crippen LogP contribution in [0.4, 0.5) is 14.6 Å². The molecule has 2 fully saturated rings. The molecule has 0 unspecified atom stereocenters. The lowest BCUT2D eigenvalue weighted by Gasteiger charge is -2.33. The van der Waals surface area contributed by atoms with Crippen molar-refractivity contribution in [2.45, 2.75) is 37.9 Å². The van der Waals surface area contributed by atoms with Crippen molar-refractivity contribution >= 4 is 11.8 Å². The molecule has 9 nitrogen and oxygen atoms in total. The first-order valence-electron chi connectivity index (χ1n) is 11.3. The Morgan fingerprint density at radius 2 is 2.00 bits per heavy atom. The number of piperidine rings is 1. The molecule has 0 amide bonds. The zero-order valence-corrected chi connectivity index (χ0v) is 18.4. The lowest BCUT2D eigenvalue weighted by Crippen LogP contribution is -2.46. The third kappa shape index (κ3) is 3.63. The Labute approximate surface area is 198 Å². The summed E-state index contributed by atoms with van der Waals surface area (Å²) in [5, 5.41) is 18.3. The average molecular weight is 478 g/mol. The molecule has 1 aliphatic carbocycles. The summed E-state index contributed by atoms with van der Waals surface area (Å²) in [6.45, 7) is 0.111. The van der Waals surface area contributed by atoms with Crippen LogP contribution in [0.1, 0.15) is 24.8 Å². The van der Waals surface area contributed by atoms with E-state index in [9.17, 15) is 18.7 Å². The van der Waals surface area contributed by atoms with E-state index in [4.69, 9.17) is 4.52 Å². The van der Waals surface area contributed by atoms with Gasteiger partial charge >= 0.3 is 5.97 Å². The van der Waals surface area contributed by atoms with Gasteiger partial charge in [-0.25, -0.2) is 23.5 Å². The highest BCUT2D eigenvalue weighted by Crippen LogP contribution is 2.45. The highest BCUT2D eigenvalue weighted by atomic mass is 19.1. The Hall–Kier alpha value is -4.15. The molecule has 6 rings (SSSR count). The Morgan fingerprint density at radius 1 is 1.14 bits per heavy atom. The van der Waals surface area contributed by atoms with Crippen LogP contribution in [0.25, 0.3) is 22.9 Å². The number of fused-ring (bicyclic) bond motifs is 2. The molecule has 1 N–H and O–H groups in total. The van der Waals surface area contributed by atoms with Gasteiger partial charge in [0.1, 0.15) is 29.5 Å². The van der Waals surface area contributed by atoms with Gasteiger partial charge in [0.15, 0.2) is 17.5 Å². The van der Waals surface area contributed by atoms with Gasteiger partial charge in [0.2, 0.25) is 0 Å². The van der Waals surface area contributed by atoms with E-state index in [1.807, 2.05) is 0 Å². The summed E-state index contributed by atoms with van der Waals surface area (Å²) in [6.07, 6.45) is 4.74. The molecule has 2 bridgehead atoms. The maximum absolute atomic E-state index is 14.9. The molecule has 3 aromatic heterocycles. The van der Waals surface area contributed by atoms with Crippen LogP contribution in [0.5, 0.6) is 0 Å². The smallest absolute Gasteiger partial charge is 0.326 e. The fourth-order valence-electron chi connectivity index (χ4n) is 5.26. The maximum atomic E-state index is 14.9. The minimum atomic E-state index is -0.987. The van der Waals surface area contributed by atoms with E-state index >= 15 is 0 Å². The molecule has 1 saturated carbocycles. The van der Waals surface area contributed by atoms with Gasteiger partial charge in [-0.2, -0.15) is 5.10 Å². The molecular formula is C24H20F2N6O3. The van der Waals surface area contributed by atoms with Gasteiger partial charge in [-0.1, -0.05) is 23.4 Å². The second kappa shape index (κ2) is 8.26. The molecule has 11 heteroatoms. The van der Waals surface area contributed by atoms with Crippen molar-refractivity contribution < 1.29 is 23.2 Å². The minimum absolute atomic E-state index is 0.0333. The van der Waals surface area contributed by atoms with Crippen LogP contribution in [-0.4, -0.2) is 48.1 Å². The van der Waals surface area contributed by atoms with Gasteiger partial charge in [0.05, 0.1) is 18.4 Å². The van der Waals surface area contributed by atoms with E-state index in [0.717, 1.165) is 19.0 Å². The summed E-state index contributed by atoms with van der Waals surface area (Å²) in [6, 6.07) is 8.77. The first-order chi connectivity index (χ1) is 17.0. The molecule has 178 valence electrons. The standard InChI is InChI=1S/C24H20F2N6O3/c25-16-4-2-1-3-14(16)12-31-20(18-7-8-35-30-18)10-19(29-31)22-27-11-17(26)23(28-22)32-15-6-5-13(9-15)21(32)24(33)34/h1-4,7-8,10-11,13,15,21H,5-6,9,12H2,(H,33,34)/t13-,15+,21-/m0/s1. The summed E-state index contributed by atoms with van der Waals surface area (Å²) >= 11 is 0. The van der Waals surface area contributed by atoms with Crippen LogP contribution < -0.4 is 4.90 Å². The summed E-state index contributed by atoms with van der Waals surface area (Å²) in [4.78, 5) is 22.1. The summed E-state index contributed by atoms with van der Waals surface area (Å²) in [7, 11) is 0. The Kier molecular flexibility index (Phi) is 5.05. The van der Waals surface area contributed by atoms with Crippen LogP contribution in [0.2, 0.25) is 0 Å². The third-order valence-electron chi connectivity index (χ3n) is 6.80. The van der Waals surface area contributed by atoms with Gasteiger partial charge in [0.25, 0.3) is 0 Å². The summed E-state index contributed by atoms with van der Waals surface area (Å²) in [5.41, 5.74) is 1.75. The van der Waals surface area contributed by atoms with Crippen LogP contribution in [0.15, 0.2) is 53.4 Å². The fraction of sp³-hybridized carbons (Fsp3) is 0.292. The molecule has 1 aliphatic heterocycles. The molecule has 0 radical (unpaired) electrons. The van der Waals surface area contributed by atoms with Crippen molar-refractivity contribution in [3.8, 4) is 22.9 Å². The van der Waals surface area contributed by atoms with E-state index in [2.05, 4.69) is 20.2 Å². The van der Waals surface area contributed by atoms with Crippen LogP contribution in [0.3, 0.4) is 0 Å². The number of hydrogen-bond donors (Lipinski definition) is 1. The number of benzene rings is 1. The third-order valence-corrected chi connectivity index (χ3v) is 6.80. The van der Waals surface area contributed by atoms with E-state index in [-0.39, 0.29) is 36.0 Å². The number of rotatable bonds is 6. The largest absolute Gasteiger partial charge is 0.480 e. The second-order valence-corrected chi connectivity index (χ2v) is 8.83. The van der Waals surface area contributed by atoms with Gasteiger partial charge in [-0.3, -0.25) is 4.68 Å². The molecule has 4 aromatic rings. The summed E-state index contributed by atoms with van der Waals surface area (Å²) < 4.78 is 35.7. The number of aromatic nitrogens is 5. The van der Waals surface area contributed by atoms with Crippen LogP contribution in [0, 0.1) is 17.6 Å². The minimum Gasteiger partial charge on any atom is -0.480 e. The number of nitrogens with zero attached hydrogens (tertiary/aromatic N) is 6. The molecule has 0 spiro atoms. The van der Waals surface area contributed by atoms with Gasteiger partial charge in [-0.05, 0) is 37.3 Å². The second-order valence-electron chi connectivity index (χ2n) is 8.83. The first-order valence-corrected chi connectivity index (χ1v) is 11.3. The maximum Gasteiger partial charge on any atom is 0.326 e. The Bertz CT molecular complexity index is 1410. The number of carboxylic acid groups (broad SMARTS) is 1.